The molecule has 0 saturated carbocycles. The summed E-state index contributed by atoms with van der Waals surface area (Å²) in [6.45, 7) is 0.964. The number of nitrogens with zero attached hydrogens (tertiary/aromatic N) is 3. The lowest BCUT2D eigenvalue weighted by molar-refractivity contribution is 0.221. The van der Waals surface area contributed by atoms with Gasteiger partial charge in [0.2, 0.25) is 0 Å². The van der Waals surface area contributed by atoms with Crippen LogP contribution in [0.15, 0.2) is 47.0 Å². The molecule has 0 radical (unpaired) electrons. The number of halogens is 2. The summed E-state index contributed by atoms with van der Waals surface area (Å²) in [5.74, 6) is 0.387. The number of ether oxygens (including phenoxy) is 2. The molecule has 1 unspecified atom stereocenters. The Morgan fingerprint density at radius 3 is 2.81 bits per heavy atom. The highest BCUT2D eigenvalue weighted by Gasteiger charge is 2.30. The lowest BCUT2D eigenvalue weighted by atomic mass is 10.1. The monoisotopic (exact) mass is 430 g/mol. The zero-order valence-corrected chi connectivity index (χ0v) is 16.7. The molecule has 1 aliphatic rings. The Bertz CT molecular complexity index is 1060. The lowest BCUT2D eigenvalue weighted by Crippen LogP contribution is -2.32. The minimum Gasteiger partial charge on any atom is -0.494 e. The second kappa shape index (κ2) is 8.99. The van der Waals surface area contributed by atoms with Crippen molar-refractivity contribution in [1.82, 2.24) is 15.0 Å². The van der Waals surface area contributed by atoms with Crippen LogP contribution in [0.4, 0.5) is 19.3 Å². The Hall–Kier alpha value is -3.69. The predicted octanol–water partition coefficient (Wildman–Crippen LogP) is 3.96. The molecule has 3 aromatic rings. The Balaban J connectivity index is 1.30. The predicted molar refractivity (Wildman–Crippen MR) is 106 cm³/mol. The van der Waals surface area contributed by atoms with E-state index in [9.17, 15) is 13.6 Å². The Morgan fingerprint density at radius 2 is 2.06 bits per heavy atom. The van der Waals surface area contributed by atoms with Crippen LogP contribution in [0.25, 0.3) is 0 Å². The molecule has 2 amide bonds. The first-order valence-electron chi connectivity index (χ1n) is 9.62. The van der Waals surface area contributed by atoms with Crippen LogP contribution in [0.3, 0.4) is 0 Å². The molecule has 0 aliphatic carbocycles. The van der Waals surface area contributed by atoms with Crippen LogP contribution in [-0.4, -0.2) is 41.3 Å². The van der Waals surface area contributed by atoms with Crippen molar-refractivity contribution in [3.8, 4) is 11.5 Å². The van der Waals surface area contributed by atoms with Gasteiger partial charge in [-0.15, -0.1) is 0 Å². The first-order chi connectivity index (χ1) is 15.0. The molecule has 1 N–H and O–H groups in total. The third-order valence-electron chi connectivity index (χ3n) is 4.90. The van der Waals surface area contributed by atoms with Crippen molar-refractivity contribution in [2.75, 3.05) is 25.5 Å². The standard InChI is InChI=1S/C21H20F2N4O4/c1-29-18-7-4-15(10-17(18)23)24-21(28)27-9-8-13(11-27)20-25-19(31-26-20)12-30-16-5-2-14(22)3-6-16/h2-7,10,13H,8-9,11-12H2,1H3,(H,24,28). The van der Waals surface area contributed by atoms with Crippen LogP contribution in [0.5, 0.6) is 11.5 Å². The van der Waals surface area contributed by atoms with Gasteiger partial charge in [-0.25, -0.2) is 13.6 Å². The maximum atomic E-state index is 13.8. The number of benzene rings is 2. The molecule has 0 spiro atoms. The molecule has 1 aliphatic heterocycles. The molecule has 1 atom stereocenters. The van der Waals surface area contributed by atoms with Gasteiger partial charge < -0.3 is 24.2 Å². The van der Waals surface area contributed by atoms with E-state index in [4.69, 9.17) is 14.0 Å². The van der Waals surface area contributed by atoms with E-state index >= 15 is 0 Å². The molecule has 31 heavy (non-hydrogen) atoms. The van der Waals surface area contributed by atoms with Crippen LogP contribution >= 0.6 is 0 Å². The molecule has 1 saturated heterocycles. The van der Waals surface area contributed by atoms with Crippen molar-refractivity contribution in [3.05, 3.63) is 65.8 Å². The fraction of sp³-hybridized carbons (Fsp3) is 0.286. The summed E-state index contributed by atoms with van der Waals surface area (Å²) < 4.78 is 42.3. The highest BCUT2D eigenvalue weighted by atomic mass is 19.1. The summed E-state index contributed by atoms with van der Waals surface area (Å²) in [7, 11) is 1.37. The fourth-order valence-corrected chi connectivity index (χ4v) is 3.27. The summed E-state index contributed by atoms with van der Waals surface area (Å²) >= 11 is 0. The lowest BCUT2D eigenvalue weighted by Gasteiger charge is -2.17. The van der Waals surface area contributed by atoms with Crippen molar-refractivity contribution in [2.45, 2.75) is 18.9 Å². The minimum atomic E-state index is -0.554. The number of carbonyl (C=O) groups excluding carboxylic acids is 1. The van der Waals surface area contributed by atoms with Gasteiger partial charge in [0.1, 0.15) is 11.6 Å². The van der Waals surface area contributed by atoms with Gasteiger partial charge in [0.25, 0.3) is 5.89 Å². The maximum Gasteiger partial charge on any atom is 0.321 e. The number of carbonyl (C=O) groups is 1. The van der Waals surface area contributed by atoms with E-state index in [1.165, 1.54) is 43.5 Å². The van der Waals surface area contributed by atoms with Crippen molar-refractivity contribution in [3.63, 3.8) is 0 Å². The fourth-order valence-electron chi connectivity index (χ4n) is 3.27. The van der Waals surface area contributed by atoms with Crippen LogP contribution in [0.2, 0.25) is 0 Å². The van der Waals surface area contributed by atoms with E-state index in [2.05, 4.69) is 15.5 Å². The Labute approximate surface area is 176 Å². The SMILES string of the molecule is COc1ccc(NC(=O)N2CCC(c3noc(COc4ccc(F)cc4)n3)C2)cc1F. The number of urea groups is 1. The molecule has 2 aromatic carbocycles. The minimum absolute atomic E-state index is 0.0542. The quantitative estimate of drug-likeness (QED) is 0.637. The largest absolute Gasteiger partial charge is 0.494 e. The van der Waals surface area contributed by atoms with Crippen molar-refractivity contribution in [2.24, 2.45) is 0 Å². The zero-order valence-electron chi connectivity index (χ0n) is 16.7. The molecular weight excluding hydrogens is 410 g/mol. The van der Waals surface area contributed by atoms with Crippen molar-refractivity contribution in [1.29, 1.82) is 0 Å². The van der Waals surface area contributed by atoms with Gasteiger partial charge in [-0.1, -0.05) is 5.16 Å². The summed E-state index contributed by atoms with van der Waals surface area (Å²) in [5, 5.41) is 6.66. The van der Waals surface area contributed by atoms with Gasteiger partial charge in [0.15, 0.2) is 24.0 Å². The van der Waals surface area contributed by atoms with Crippen molar-refractivity contribution < 1.29 is 27.6 Å². The van der Waals surface area contributed by atoms with Gasteiger partial charge in [-0.3, -0.25) is 0 Å². The van der Waals surface area contributed by atoms with Gasteiger partial charge in [0, 0.05) is 30.8 Å². The molecular formula is C21H20F2N4O4. The number of rotatable bonds is 6. The molecule has 4 rings (SSSR count). The van der Waals surface area contributed by atoms with E-state index in [-0.39, 0.29) is 36.0 Å². The maximum absolute atomic E-state index is 13.8. The van der Waals surface area contributed by atoms with Crippen LogP contribution in [0.1, 0.15) is 24.1 Å². The number of likely N-dealkylation sites (tertiary alicyclic amines) is 1. The number of methoxy groups -OCH3 is 1. The average Bonchev–Trinajstić information content (AvgIpc) is 3.43. The third-order valence-corrected chi connectivity index (χ3v) is 4.90. The summed E-state index contributed by atoms with van der Waals surface area (Å²) in [6, 6.07) is 9.50. The molecule has 0 bridgehead atoms. The van der Waals surface area contributed by atoms with Gasteiger partial charge in [0.05, 0.1) is 7.11 Å². The molecule has 8 nitrogen and oxygen atoms in total. The molecule has 1 aromatic heterocycles. The van der Waals surface area contributed by atoms with Gasteiger partial charge >= 0.3 is 6.03 Å². The zero-order chi connectivity index (χ0) is 21.8. The molecule has 10 heteroatoms. The van der Waals surface area contributed by atoms with E-state index in [1.807, 2.05) is 0 Å². The normalized spacial score (nSPS) is 15.7. The van der Waals surface area contributed by atoms with E-state index in [0.717, 1.165) is 0 Å². The van der Waals surface area contributed by atoms with E-state index in [0.29, 0.717) is 36.8 Å². The smallest absolute Gasteiger partial charge is 0.321 e. The Morgan fingerprint density at radius 1 is 1.26 bits per heavy atom. The number of hydrogen-bond donors (Lipinski definition) is 1. The topological polar surface area (TPSA) is 89.7 Å². The summed E-state index contributed by atoms with van der Waals surface area (Å²) in [5.41, 5.74) is 0.339. The molecule has 162 valence electrons. The highest BCUT2D eigenvalue weighted by Crippen LogP contribution is 2.27. The van der Waals surface area contributed by atoms with Crippen LogP contribution < -0.4 is 14.8 Å². The van der Waals surface area contributed by atoms with Crippen molar-refractivity contribution >= 4 is 11.7 Å². The number of aromatic nitrogens is 2. The molecule has 2 heterocycles. The first-order valence-corrected chi connectivity index (χ1v) is 9.62. The average molecular weight is 430 g/mol. The first kappa shape index (κ1) is 20.6. The molecule has 1 fully saturated rings. The van der Waals surface area contributed by atoms with Gasteiger partial charge in [-0.2, -0.15) is 4.98 Å². The van der Waals surface area contributed by atoms with Crippen LogP contribution in [0, 0.1) is 11.6 Å². The number of nitrogens with one attached hydrogen (secondary N) is 1. The highest BCUT2D eigenvalue weighted by molar-refractivity contribution is 5.89. The summed E-state index contributed by atoms with van der Waals surface area (Å²) in [6.07, 6.45) is 0.669. The van der Waals surface area contributed by atoms with E-state index < -0.39 is 5.82 Å². The second-order valence-corrected chi connectivity index (χ2v) is 7.00. The van der Waals surface area contributed by atoms with Crippen LogP contribution in [-0.2, 0) is 6.61 Å². The second-order valence-electron chi connectivity index (χ2n) is 7.00. The van der Waals surface area contributed by atoms with E-state index in [1.54, 1.807) is 11.0 Å². The number of anilines is 1. The third kappa shape index (κ3) is 4.90. The summed E-state index contributed by atoms with van der Waals surface area (Å²) in [4.78, 5) is 18.4. The number of amides is 2. The Kier molecular flexibility index (Phi) is 5.96. The van der Waals surface area contributed by atoms with Gasteiger partial charge in [-0.05, 0) is 42.8 Å². The number of hydrogen-bond acceptors (Lipinski definition) is 6.